The normalized spacial score (nSPS) is 12.7. The number of anilines is 1. The first-order valence-electron chi connectivity index (χ1n) is 18.7. The van der Waals surface area contributed by atoms with E-state index in [1.54, 1.807) is 48.6 Å². The zero-order valence-electron chi connectivity index (χ0n) is 32.2. The summed E-state index contributed by atoms with van der Waals surface area (Å²) in [6, 6.07) is 22.4. The Morgan fingerprint density at radius 2 is 0.825 bits per heavy atom. The van der Waals surface area contributed by atoms with E-state index in [0.717, 1.165) is 24.3 Å². The number of carbonyl (C=O) groups excluding carboxylic acids is 1. The molecule has 2 aliphatic heterocycles. The minimum Gasteiger partial charge on any atom is -0.744 e. The molecule has 8 rings (SSSR count). The number of hydrogen-bond donors (Lipinski definition) is 4. The Morgan fingerprint density at radius 1 is 0.492 bits per heavy atom. The Kier molecular flexibility index (Phi) is 11.0. The summed E-state index contributed by atoms with van der Waals surface area (Å²) in [6.45, 7) is 0. The average Bonchev–Trinajstić information content (AvgIpc) is 4.07. The predicted octanol–water partition coefficient (Wildman–Crippen LogP) is 6.56. The number of hydrogen-bond acceptors (Lipinski definition) is 13. The Labute approximate surface area is 358 Å². The van der Waals surface area contributed by atoms with Crippen LogP contribution in [0.2, 0.25) is 0 Å². The molecular formula is C43H30N5O12S3-3. The van der Waals surface area contributed by atoms with Crippen molar-refractivity contribution in [3.05, 3.63) is 120 Å². The molecule has 5 heterocycles. The van der Waals surface area contributed by atoms with Crippen molar-refractivity contribution in [2.45, 2.75) is 33.9 Å². The van der Waals surface area contributed by atoms with Crippen LogP contribution in [0.3, 0.4) is 0 Å². The van der Waals surface area contributed by atoms with Crippen molar-refractivity contribution in [3.8, 4) is 33.4 Å². The molecule has 2 aliphatic rings. The van der Waals surface area contributed by atoms with Gasteiger partial charge in [-0.15, -0.1) is 0 Å². The molecule has 20 heteroatoms. The molecule has 0 aliphatic carbocycles. The van der Waals surface area contributed by atoms with Crippen LogP contribution in [-0.4, -0.2) is 75.8 Å². The fraction of sp³-hybridized carbons (Fsp3) is 0.0698. The lowest BCUT2D eigenvalue weighted by Gasteiger charge is -2.10. The molecule has 17 nitrogen and oxygen atoms in total. The van der Waals surface area contributed by atoms with Crippen LogP contribution >= 0.6 is 0 Å². The topological polar surface area (TPSA) is 295 Å². The SMILES string of the molecule is O=C(O)CCCC(=O)Nc1c2nc(c(-c3ccc(S(=O)(=O)[O-])cc3)c3ccc([nH]3)c(-c3ccc(S(=O)(=O)[O-])cc3)c3nc(c(-c4ccc(S(=O)(=O)[O-])cc4)c4ccc1[nH]4)C=C3)C=C2. The van der Waals surface area contributed by atoms with Crippen LogP contribution in [0.15, 0.2) is 112 Å². The number of benzene rings is 3. The molecule has 0 saturated heterocycles. The van der Waals surface area contributed by atoms with E-state index in [-0.39, 0.29) is 30.6 Å². The van der Waals surface area contributed by atoms with E-state index >= 15 is 0 Å². The number of carboxylic acids is 1. The number of rotatable bonds is 11. The van der Waals surface area contributed by atoms with Gasteiger partial charge < -0.3 is 34.0 Å². The maximum atomic E-state index is 13.4. The second-order valence-corrected chi connectivity index (χ2v) is 18.4. The molecule has 63 heavy (non-hydrogen) atoms. The zero-order valence-corrected chi connectivity index (χ0v) is 34.7. The molecule has 4 N–H and O–H groups in total. The third-order valence-corrected chi connectivity index (χ3v) is 12.7. The summed E-state index contributed by atoms with van der Waals surface area (Å²) in [5, 5.41) is 12.0. The number of nitrogens with one attached hydrogen (secondary N) is 3. The number of aliphatic carboxylic acids is 1. The van der Waals surface area contributed by atoms with E-state index in [4.69, 9.17) is 9.97 Å². The van der Waals surface area contributed by atoms with Gasteiger partial charge in [-0.2, -0.15) is 0 Å². The number of H-pyrrole nitrogens is 2. The Morgan fingerprint density at radius 3 is 1.19 bits per heavy atom. The third-order valence-electron chi connectivity index (χ3n) is 10.1. The number of nitrogens with zero attached hydrogens (tertiary/aromatic N) is 2. The maximum Gasteiger partial charge on any atom is 0.303 e. The molecule has 0 unspecified atom stereocenters. The van der Waals surface area contributed by atoms with E-state index in [2.05, 4.69) is 15.3 Å². The van der Waals surface area contributed by atoms with Gasteiger partial charge in [-0.3, -0.25) is 9.59 Å². The summed E-state index contributed by atoms with van der Waals surface area (Å²) in [6.07, 6.45) is 6.31. The van der Waals surface area contributed by atoms with Crippen molar-refractivity contribution in [2.75, 3.05) is 5.32 Å². The highest BCUT2D eigenvalue weighted by atomic mass is 32.2. The molecular weight excluding hydrogens is 875 g/mol. The molecule has 8 bridgehead atoms. The van der Waals surface area contributed by atoms with Gasteiger partial charge >= 0.3 is 5.97 Å². The van der Waals surface area contributed by atoms with Crippen LogP contribution in [0.5, 0.6) is 0 Å². The van der Waals surface area contributed by atoms with Crippen LogP contribution in [0.1, 0.15) is 42.0 Å². The van der Waals surface area contributed by atoms with Crippen molar-refractivity contribution < 1.29 is 53.6 Å². The average molecular weight is 905 g/mol. The highest BCUT2D eigenvalue weighted by Crippen LogP contribution is 2.38. The minimum absolute atomic E-state index is 0.0468. The van der Waals surface area contributed by atoms with Gasteiger partial charge in [0.15, 0.2) is 0 Å². The Bertz CT molecular complexity index is 3380. The monoisotopic (exact) mass is 904 g/mol. The van der Waals surface area contributed by atoms with E-state index in [1.807, 2.05) is 0 Å². The lowest BCUT2D eigenvalue weighted by molar-refractivity contribution is -0.137. The largest absolute Gasteiger partial charge is 0.744 e. The van der Waals surface area contributed by atoms with Gasteiger partial charge in [-0.25, -0.2) is 35.2 Å². The Hall–Kier alpha value is -7.07. The quantitative estimate of drug-likeness (QED) is 0.1000. The fourth-order valence-corrected chi connectivity index (χ4v) is 8.62. The molecule has 3 aromatic heterocycles. The van der Waals surface area contributed by atoms with E-state index < -0.39 is 56.9 Å². The van der Waals surface area contributed by atoms with Gasteiger partial charge in [0, 0.05) is 46.1 Å². The van der Waals surface area contributed by atoms with Crippen LogP contribution in [0, 0.1) is 0 Å². The standard InChI is InChI=1S/C43H33N5O12S3/c49-38(2-1-3-39(50)51)48-43-36-22-20-34(46-36)41(25-6-12-28(13-7-25)62(55,56)57)32-18-16-30(44-32)40(24-4-10-27(11-5-24)61(52,53)54)31-17-19-33(45-31)42(35-21-23-37(43)47-35)26-8-14-29(15-9-26)63(58,59)60/h4-23,44,47H,1-3H2,(H,48,49)(H,50,51)(H,52,53,54)(H,55,56,57)(H,58,59,60)/p-3. The van der Waals surface area contributed by atoms with Crippen molar-refractivity contribution in [2.24, 2.45) is 0 Å². The second-order valence-electron chi connectivity index (χ2n) is 14.2. The molecule has 0 saturated carbocycles. The van der Waals surface area contributed by atoms with Gasteiger partial charge in [-0.05, 0) is 108 Å². The van der Waals surface area contributed by atoms with Gasteiger partial charge in [0.05, 0.1) is 48.7 Å². The summed E-state index contributed by atoms with van der Waals surface area (Å²) in [5.74, 6) is -1.59. The number of carbonyl (C=O) groups is 2. The highest BCUT2D eigenvalue weighted by Gasteiger charge is 2.20. The van der Waals surface area contributed by atoms with E-state index in [9.17, 15) is 53.6 Å². The van der Waals surface area contributed by atoms with Gasteiger partial charge in [0.2, 0.25) is 5.91 Å². The van der Waals surface area contributed by atoms with E-state index in [0.29, 0.717) is 72.5 Å². The number of aromatic amines is 2. The van der Waals surface area contributed by atoms with Crippen LogP contribution in [-0.2, 0) is 39.9 Å². The lowest BCUT2D eigenvalue weighted by atomic mass is 10.0. The number of amides is 1. The fourth-order valence-electron chi connectivity index (χ4n) is 7.22. The molecule has 320 valence electrons. The first-order chi connectivity index (χ1) is 29.8. The molecule has 3 aromatic carbocycles. The predicted molar refractivity (Wildman–Crippen MR) is 229 cm³/mol. The summed E-state index contributed by atoms with van der Waals surface area (Å²) in [7, 11) is -14.4. The van der Waals surface area contributed by atoms with Gasteiger partial charge in [0.1, 0.15) is 30.4 Å². The molecule has 0 fully saturated rings. The highest BCUT2D eigenvalue weighted by molar-refractivity contribution is 7.86. The summed E-state index contributed by atoms with van der Waals surface area (Å²) in [5.41, 5.74) is 5.70. The zero-order chi connectivity index (χ0) is 44.8. The third kappa shape index (κ3) is 8.98. The van der Waals surface area contributed by atoms with Crippen LogP contribution in [0.25, 0.3) is 79.8 Å². The molecule has 0 spiro atoms. The number of aromatic nitrogens is 4. The van der Waals surface area contributed by atoms with Crippen molar-refractivity contribution >= 4 is 94.3 Å². The van der Waals surface area contributed by atoms with Crippen molar-refractivity contribution in [1.82, 2.24) is 19.9 Å². The first kappa shape index (κ1) is 42.6. The van der Waals surface area contributed by atoms with Crippen LogP contribution in [0.4, 0.5) is 5.69 Å². The maximum absolute atomic E-state index is 13.4. The van der Waals surface area contributed by atoms with Crippen molar-refractivity contribution in [3.63, 3.8) is 0 Å². The van der Waals surface area contributed by atoms with Gasteiger partial charge in [-0.1, -0.05) is 36.4 Å². The van der Waals surface area contributed by atoms with E-state index in [1.165, 1.54) is 48.5 Å². The Balaban J connectivity index is 1.48. The molecule has 1 amide bonds. The summed E-state index contributed by atoms with van der Waals surface area (Å²) >= 11 is 0. The first-order valence-corrected chi connectivity index (χ1v) is 22.9. The summed E-state index contributed by atoms with van der Waals surface area (Å²) in [4.78, 5) is 39.8. The molecule has 0 atom stereocenters. The lowest BCUT2D eigenvalue weighted by Crippen LogP contribution is -2.13. The molecule has 6 aromatic rings. The summed E-state index contributed by atoms with van der Waals surface area (Å²) < 4.78 is 107. The van der Waals surface area contributed by atoms with Crippen LogP contribution < -0.4 is 5.32 Å². The smallest absolute Gasteiger partial charge is 0.303 e. The number of carboxylic acid groups (broad SMARTS) is 1. The van der Waals surface area contributed by atoms with Gasteiger partial charge in [0.25, 0.3) is 0 Å². The van der Waals surface area contributed by atoms with Crippen molar-refractivity contribution in [1.29, 1.82) is 0 Å². The molecule has 0 radical (unpaired) electrons. The second kappa shape index (κ2) is 16.3. The minimum atomic E-state index is -4.80. The number of fused-ring (bicyclic) bond motifs is 8.